The number of nitrogens with one attached hydrogen (secondary N) is 1. The standard InChI is InChI=1S/C23H36NO7P/c1-16(11-12-19-18(3)10-7-13-23(19,4)5)8-6-9-17(2)14-21(25)24-20(22(26)27)15-31-32(28,29)30/h6,8-9,11-12,17,20H,7,10,13-15H2,1-5H3,(H,24,25)(H,26,27)(H2,28,29,30). The molecule has 1 aliphatic carbocycles. The summed E-state index contributed by atoms with van der Waals surface area (Å²) < 4.78 is 14.9. The third-order valence-corrected chi connectivity index (χ3v) is 5.89. The Morgan fingerprint density at radius 1 is 1.31 bits per heavy atom. The number of aliphatic carboxylic acids is 1. The average Bonchev–Trinajstić information content (AvgIpc) is 2.63. The van der Waals surface area contributed by atoms with Crippen LogP contribution in [0.5, 0.6) is 0 Å². The quantitative estimate of drug-likeness (QED) is 0.262. The van der Waals surface area contributed by atoms with Crippen LogP contribution in [0.3, 0.4) is 0 Å². The Hall–Kier alpha value is -1.99. The van der Waals surface area contributed by atoms with Crippen LogP contribution in [0.4, 0.5) is 0 Å². The van der Waals surface area contributed by atoms with Crippen LogP contribution in [0.2, 0.25) is 0 Å². The maximum Gasteiger partial charge on any atom is 0.469 e. The number of phosphoric ester groups is 1. The van der Waals surface area contributed by atoms with Gasteiger partial charge >= 0.3 is 13.8 Å². The van der Waals surface area contributed by atoms with Gasteiger partial charge in [-0.3, -0.25) is 9.32 Å². The molecule has 1 rings (SSSR count). The van der Waals surface area contributed by atoms with E-state index in [0.29, 0.717) is 0 Å². The number of carbonyl (C=O) groups excluding carboxylic acids is 1. The lowest BCUT2D eigenvalue weighted by Gasteiger charge is -2.32. The molecule has 8 nitrogen and oxygen atoms in total. The molecule has 2 unspecified atom stereocenters. The third kappa shape index (κ3) is 10.6. The van der Waals surface area contributed by atoms with E-state index in [-0.39, 0.29) is 17.8 Å². The largest absolute Gasteiger partial charge is 0.480 e. The van der Waals surface area contributed by atoms with Gasteiger partial charge < -0.3 is 20.2 Å². The van der Waals surface area contributed by atoms with Crippen LogP contribution >= 0.6 is 7.82 Å². The Labute approximate surface area is 190 Å². The molecule has 4 N–H and O–H groups in total. The predicted octanol–water partition coefficient (Wildman–Crippen LogP) is 4.28. The summed E-state index contributed by atoms with van der Waals surface area (Å²) in [5.74, 6) is -2.15. The van der Waals surface area contributed by atoms with E-state index in [2.05, 4.69) is 42.8 Å². The summed E-state index contributed by atoms with van der Waals surface area (Å²) in [6.45, 7) is 9.73. The van der Waals surface area contributed by atoms with Gasteiger partial charge in [0, 0.05) is 6.42 Å². The van der Waals surface area contributed by atoms with Crippen LogP contribution in [-0.4, -0.2) is 39.4 Å². The molecule has 32 heavy (non-hydrogen) atoms. The zero-order valence-corrected chi connectivity index (χ0v) is 20.4. The molecule has 2 atom stereocenters. The minimum absolute atomic E-state index is 0.0270. The van der Waals surface area contributed by atoms with E-state index in [0.717, 1.165) is 12.0 Å². The Bertz CT molecular complexity index is 848. The monoisotopic (exact) mass is 469 g/mol. The molecule has 0 spiro atoms. The van der Waals surface area contributed by atoms with Gasteiger partial charge in [0.1, 0.15) is 0 Å². The number of carboxylic acids is 1. The Kier molecular flexibility index (Phi) is 10.8. The Morgan fingerprint density at radius 3 is 2.53 bits per heavy atom. The fraction of sp³-hybridized carbons (Fsp3) is 0.565. The van der Waals surface area contributed by atoms with Gasteiger partial charge in [-0.1, -0.05) is 62.3 Å². The smallest absolute Gasteiger partial charge is 0.469 e. The van der Waals surface area contributed by atoms with E-state index in [4.69, 9.17) is 14.9 Å². The number of phosphoric acid groups is 1. The maximum absolute atomic E-state index is 12.1. The Balaban J connectivity index is 2.62. The molecule has 0 bridgehead atoms. The first-order valence-corrected chi connectivity index (χ1v) is 12.2. The van der Waals surface area contributed by atoms with Crippen LogP contribution < -0.4 is 5.32 Å². The van der Waals surface area contributed by atoms with Crippen LogP contribution in [0.15, 0.2) is 47.1 Å². The highest BCUT2D eigenvalue weighted by molar-refractivity contribution is 7.46. The van der Waals surface area contributed by atoms with E-state index >= 15 is 0 Å². The summed E-state index contributed by atoms with van der Waals surface area (Å²) in [5.41, 5.74) is 4.08. The van der Waals surface area contributed by atoms with Gasteiger partial charge in [-0.25, -0.2) is 9.36 Å². The fourth-order valence-corrected chi connectivity index (χ4v) is 3.98. The zero-order chi connectivity index (χ0) is 24.5. The van der Waals surface area contributed by atoms with E-state index in [1.807, 2.05) is 32.1 Å². The normalized spacial score (nSPS) is 19.4. The summed E-state index contributed by atoms with van der Waals surface area (Å²) >= 11 is 0. The summed E-state index contributed by atoms with van der Waals surface area (Å²) in [6.07, 6.45) is 13.5. The molecule has 0 aliphatic heterocycles. The fourth-order valence-electron chi connectivity index (χ4n) is 3.64. The number of rotatable bonds is 11. The van der Waals surface area contributed by atoms with Crippen LogP contribution in [-0.2, 0) is 18.7 Å². The van der Waals surface area contributed by atoms with Gasteiger partial charge in [0.05, 0.1) is 6.61 Å². The van der Waals surface area contributed by atoms with Gasteiger partial charge in [-0.05, 0) is 50.0 Å². The first kappa shape index (κ1) is 28.0. The number of amides is 1. The first-order valence-electron chi connectivity index (χ1n) is 10.7. The third-order valence-electron chi connectivity index (χ3n) is 5.40. The minimum Gasteiger partial charge on any atom is -0.480 e. The lowest BCUT2D eigenvalue weighted by Crippen LogP contribution is -2.44. The van der Waals surface area contributed by atoms with Crippen molar-refractivity contribution in [2.24, 2.45) is 11.3 Å². The molecule has 1 amide bonds. The number of carbonyl (C=O) groups is 2. The molecule has 0 saturated heterocycles. The second-order valence-electron chi connectivity index (χ2n) is 8.99. The van der Waals surface area contributed by atoms with Crippen molar-refractivity contribution in [2.45, 2.75) is 66.3 Å². The van der Waals surface area contributed by atoms with Crippen LogP contribution in [0.1, 0.15) is 60.3 Å². The first-order chi connectivity index (χ1) is 14.7. The molecule has 0 heterocycles. The summed E-state index contributed by atoms with van der Waals surface area (Å²) in [4.78, 5) is 40.6. The highest BCUT2D eigenvalue weighted by Crippen LogP contribution is 2.40. The molecular formula is C23H36NO7P. The van der Waals surface area contributed by atoms with Crippen LogP contribution in [0.25, 0.3) is 0 Å². The van der Waals surface area contributed by atoms with E-state index in [9.17, 15) is 14.2 Å². The van der Waals surface area contributed by atoms with E-state index in [1.165, 1.54) is 24.0 Å². The van der Waals surface area contributed by atoms with Crippen molar-refractivity contribution in [3.05, 3.63) is 47.1 Å². The lowest BCUT2D eigenvalue weighted by atomic mass is 9.72. The van der Waals surface area contributed by atoms with Gasteiger partial charge in [-0.15, -0.1) is 0 Å². The molecule has 180 valence electrons. The molecule has 0 fully saturated rings. The minimum atomic E-state index is -4.82. The topological polar surface area (TPSA) is 133 Å². The molecule has 0 saturated carbocycles. The zero-order valence-electron chi connectivity index (χ0n) is 19.5. The molecule has 1 aliphatic rings. The van der Waals surface area contributed by atoms with Crippen molar-refractivity contribution in [1.29, 1.82) is 0 Å². The van der Waals surface area contributed by atoms with Crippen molar-refractivity contribution in [2.75, 3.05) is 6.61 Å². The molecule has 0 aromatic rings. The molecule has 9 heteroatoms. The van der Waals surface area contributed by atoms with Crippen molar-refractivity contribution in [1.82, 2.24) is 5.32 Å². The SMILES string of the molecule is CC(C=CC1=C(C)CCCC1(C)C)=CC=CC(C)CC(=O)NC(COP(=O)(O)O)C(=O)O. The summed E-state index contributed by atoms with van der Waals surface area (Å²) in [6, 6.07) is -1.54. The number of allylic oxidation sites excluding steroid dienone is 8. The number of hydrogen-bond donors (Lipinski definition) is 4. The maximum atomic E-state index is 12.1. The van der Waals surface area contributed by atoms with E-state index in [1.54, 1.807) is 0 Å². The Morgan fingerprint density at radius 2 is 1.97 bits per heavy atom. The number of carboxylic acid groups (broad SMARTS) is 1. The van der Waals surface area contributed by atoms with Crippen molar-refractivity contribution in [3.8, 4) is 0 Å². The summed E-state index contributed by atoms with van der Waals surface area (Å²) in [5, 5.41) is 11.3. The molecule has 0 radical (unpaired) electrons. The lowest BCUT2D eigenvalue weighted by molar-refractivity contribution is -0.142. The van der Waals surface area contributed by atoms with E-state index < -0.39 is 32.3 Å². The van der Waals surface area contributed by atoms with Gasteiger partial charge in [0.25, 0.3) is 0 Å². The predicted molar refractivity (Wildman–Crippen MR) is 124 cm³/mol. The second-order valence-corrected chi connectivity index (χ2v) is 10.2. The number of hydrogen-bond acceptors (Lipinski definition) is 4. The van der Waals surface area contributed by atoms with Gasteiger partial charge in [-0.2, -0.15) is 0 Å². The molecule has 0 aromatic carbocycles. The van der Waals surface area contributed by atoms with Gasteiger partial charge in [0.2, 0.25) is 5.91 Å². The molecule has 0 aromatic heterocycles. The summed E-state index contributed by atoms with van der Waals surface area (Å²) in [7, 11) is -4.82. The highest BCUT2D eigenvalue weighted by atomic mass is 31.2. The van der Waals surface area contributed by atoms with Gasteiger partial charge in [0.15, 0.2) is 6.04 Å². The highest BCUT2D eigenvalue weighted by Gasteiger charge is 2.27. The second kappa shape index (κ2) is 12.3. The van der Waals surface area contributed by atoms with Crippen molar-refractivity contribution in [3.63, 3.8) is 0 Å². The van der Waals surface area contributed by atoms with Crippen LogP contribution in [0, 0.1) is 11.3 Å². The van der Waals surface area contributed by atoms with Crippen molar-refractivity contribution < 1.29 is 33.6 Å². The average molecular weight is 470 g/mol. The molecular weight excluding hydrogens is 433 g/mol. The van der Waals surface area contributed by atoms with Crippen molar-refractivity contribution >= 4 is 19.7 Å².